The van der Waals surface area contributed by atoms with Gasteiger partial charge in [0.05, 0.1) is 12.1 Å². The van der Waals surface area contributed by atoms with E-state index in [1.165, 1.54) is 51.4 Å². The summed E-state index contributed by atoms with van der Waals surface area (Å²) in [6, 6.07) is 4.60. The molecule has 7 heteroatoms. The molecule has 2 amide bonds. The zero-order valence-corrected chi connectivity index (χ0v) is 22.5. The van der Waals surface area contributed by atoms with Crippen LogP contribution in [0.5, 0.6) is 0 Å². The lowest BCUT2D eigenvalue weighted by Crippen LogP contribution is -2.65. The van der Waals surface area contributed by atoms with Crippen LogP contribution in [-0.4, -0.2) is 63.9 Å². The van der Waals surface area contributed by atoms with Gasteiger partial charge >= 0.3 is 0 Å². The van der Waals surface area contributed by atoms with Gasteiger partial charge in [-0.25, -0.2) is 0 Å². The molecule has 0 aromatic carbocycles. The van der Waals surface area contributed by atoms with Crippen molar-refractivity contribution in [2.45, 2.75) is 115 Å². The Bertz CT molecular complexity index is 1070. The van der Waals surface area contributed by atoms with E-state index in [4.69, 9.17) is 4.42 Å². The van der Waals surface area contributed by atoms with Gasteiger partial charge in [0.1, 0.15) is 17.0 Å². The highest BCUT2D eigenvalue weighted by molar-refractivity contribution is 6.03. The van der Waals surface area contributed by atoms with E-state index in [1.54, 1.807) is 0 Å². The SMILES string of the molecule is Cc1cc2c(cc3n2C[C@](C)(C(=O)NC2CCCCCCC2)N(CCN(C)C2CCCCC2)C3=O)o1. The second kappa shape index (κ2) is 10.6. The zero-order chi connectivity index (χ0) is 25.3. The Kier molecular flexibility index (Phi) is 7.47. The zero-order valence-electron chi connectivity index (χ0n) is 22.5. The first kappa shape index (κ1) is 25.4. The van der Waals surface area contributed by atoms with Gasteiger partial charge in [-0.05, 0) is 46.6 Å². The van der Waals surface area contributed by atoms with Crippen molar-refractivity contribution in [3.8, 4) is 0 Å². The number of rotatable bonds is 6. The van der Waals surface area contributed by atoms with E-state index in [9.17, 15) is 9.59 Å². The van der Waals surface area contributed by atoms with Gasteiger partial charge in [0.25, 0.3) is 5.91 Å². The van der Waals surface area contributed by atoms with E-state index in [0.717, 1.165) is 49.1 Å². The Morgan fingerprint density at radius 2 is 1.69 bits per heavy atom. The minimum absolute atomic E-state index is 0.0190. The Hall–Kier alpha value is -2.28. The number of fused-ring (bicyclic) bond motifs is 3. The maximum Gasteiger partial charge on any atom is 0.271 e. The summed E-state index contributed by atoms with van der Waals surface area (Å²) in [5, 5.41) is 3.39. The van der Waals surface area contributed by atoms with Crippen molar-refractivity contribution in [3.63, 3.8) is 0 Å². The Morgan fingerprint density at radius 1 is 1.06 bits per heavy atom. The second-order valence-electron chi connectivity index (χ2n) is 11.7. The highest BCUT2D eigenvalue weighted by Gasteiger charge is 2.48. The maximum absolute atomic E-state index is 14.0. The van der Waals surface area contributed by atoms with Crippen LogP contribution < -0.4 is 5.32 Å². The molecule has 5 rings (SSSR count). The number of aromatic nitrogens is 1. The Balaban J connectivity index is 1.40. The first-order chi connectivity index (χ1) is 17.4. The standard InChI is InChI=1S/C29H44N4O3/c1-21-18-24-26(36-21)19-25-27(34)33(17-16-31(3)23-14-10-7-11-15-23)29(2,20-32(24)25)28(35)30-22-12-8-5-4-6-9-13-22/h18-19,22-23H,4-17,20H2,1-3H3,(H,30,35)/t29-/m1/s1. The molecule has 2 aliphatic carbocycles. The van der Waals surface area contributed by atoms with Gasteiger partial charge < -0.3 is 24.1 Å². The lowest BCUT2D eigenvalue weighted by Gasteiger charge is -2.45. The van der Waals surface area contributed by atoms with Crippen LogP contribution in [0.25, 0.3) is 11.1 Å². The summed E-state index contributed by atoms with van der Waals surface area (Å²) in [5.74, 6) is 0.729. The van der Waals surface area contributed by atoms with Gasteiger partial charge in [-0.15, -0.1) is 0 Å². The number of hydrogen-bond acceptors (Lipinski definition) is 4. The molecule has 1 aliphatic heterocycles. The number of amides is 2. The topological polar surface area (TPSA) is 70.7 Å². The number of nitrogens with zero attached hydrogens (tertiary/aromatic N) is 3. The number of aryl methyl sites for hydroxylation is 1. The van der Waals surface area contributed by atoms with Crippen LogP contribution in [0.15, 0.2) is 16.5 Å². The molecule has 0 unspecified atom stereocenters. The number of carbonyl (C=O) groups is 2. The molecule has 0 spiro atoms. The van der Waals surface area contributed by atoms with Gasteiger partial charge in [0.2, 0.25) is 5.91 Å². The second-order valence-corrected chi connectivity index (χ2v) is 11.7. The summed E-state index contributed by atoms with van der Waals surface area (Å²) in [4.78, 5) is 32.2. The van der Waals surface area contributed by atoms with Gasteiger partial charge in [-0.1, -0.05) is 51.4 Å². The van der Waals surface area contributed by atoms with Gasteiger partial charge in [-0.2, -0.15) is 0 Å². The molecule has 7 nitrogen and oxygen atoms in total. The molecule has 198 valence electrons. The molecule has 0 saturated heterocycles. The first-order valence-electron chi connectivity index (χ1n) is 14.3. The summed E-state index contributed by atoms with van der Waals surface area (Å²) in [6.45, 7) is 5.66. The van der Waals surface area contributed by atoms with Crippen molar-refractivity contribution in [2.75, 3.05) is 20.1 Å². The average molecular weight is 497 g/mol. The predicted molar refractivity (Wildman–Crippen MR) is 142 cm³/mol. The summed E-state index contributed by atoms with van der Waals surface area (Å²) in [5.41, 5.74) is 1.30. The largest absolute Gasteiger partial charge is 0.460 e. The van der Waals surface area contributed by atoms with E-state index in [0.29, 0.717) is 24.8 Å². The number of carbonyl (C=O) groups excluding carboxylic acids is 2. The fraction of sp³-hybridized carbons (Fsp3) is 0.724. The van der Waals surface area contributed by atoms with Gasteiger partial charge in [0.15, 0.2) is 5.58 Å². The summed E-state index contributed by atoms with van der Waals surface area (Å²) in [7, 11) is 2.18. The van der Waals surface area contributed by atoms with Crippen LogP contribution in [0.3, 0.4) is 0 Å². The van der Waals surface area contributed by atoms with Crippen molar-refractivity contribution < 1.29 is 14.0 Å². The third-order valence-corrected chi connectivity index (χ3v) is 9.04. The van der Waals surface area contributed by atoms with Crippen molar-refractivity contribution in [1.29, 1.82) is 0 Å². The molecule has 3 aliphatic rings. The van der Waals surface area contributed by atoms with E-state index in [2.05, 4.69) is 17.3 Å². The molecule has 0 radical (unpaired) electrons. The number of hydrogen-bond donors (Lipinski definition) is 1. The lowest BCUT2D eigenvalue weighted by molar-refractivity contribution is -0.133. The molecule has 1 N–H and O–H groups in total. The first-order valence-corrected chi connectivity index (χ1v) is 14.3. The van der Waals surface area contributed by atoms with E-state index < -0.39 is 5.54 Å². The molecular formula is C29H44N4O3. The van der Waals surface area contributed by atoms with Gasteiger partial charge in [-0.3, -0.25) is 9.59 Å². The predicted octanol–water partition coefficient (Wildman–Crippen LogP) is 5.25. The highest BCUT2D eigenvalue weighted by atomic mass is 16.3. The van der Waals surface area contributed by atoms with Crippen molar-refractivity contribution in [3.05, 3.63) is 23.6 Å². The quantitative estimate of drug-likeness (QED) is 0.593. The van der Waals surface area contributed by atoms with Gasteiger partial charge in [0, 0.05) is 37.3 Å². The Labute approximate surface area is 215 Å². The molecule has 1 atom stereocenters. The van der Waals surface area contributed by atoms with E-state index in [-0.39, 0.29) is 17.9 Å². The molecule has 2 aromatic heterocycles. The fourth-order valence-electron chi connectivity index (χ4n) is 6.71. The van der Waals surface area contributed by atoms with Crippen molar-refractivity contribution in [1.82, 2.24) is 19.7 Å². The third kappa shape index (κ3) is 4.96. The van der Waals surface area contributed by atoms with Crippen molar-refractivity contribution >= 4 is 22.9 Å². The van der Waals surface area contributed by atoms with Crippen LogP contribution in [0.1, 0.15) is 100 Å². The fourth-order valence-corrected chi connectivity index (χ4v) is 6.71. The maximum atomic E-state index is 14.0. The molecule has 0 bridgehead atoms. The summed E-state index contributed by atoms with van der Waals surface area (Å²) < 4.78 is 7.86. The van der Waals surface area contributed by atoms with Crippen LogP contribution in [0, 0.1) is 6.92 Å². The van der Waals surface area contributed by atoms with Crippen molar-refractivity contribution in [2.24, 2.45) is 0 Å². The summed E-state index contributed by atoms with van der Waals surface area (Å²) in [6.07, 6.45) is 14.5. The summed E-state index contributed by atoms with van der Waals surface area (Å²) >= 11 is 0. The Morgan fingerprint density at radius 3 is 2.42 bits per heavy atom. The van der Waals surface area contributed by atoms with E-state index >= 15 is 0 Å². The average Bonchev–Trinajstić information content (AvgIpc) is 3.37. The van der Waals surface area contributed by atoms with Crippen LogP contribution in [0.2, 0.25) is 0 Å². The molecule has 2 aromatic rings. The molecular weight excluding hydrogens is 452 g/mol. The highest BCUT2D eigenvalue weighted by Crippen LogP contribution is 2.34. The smallest absolute Gasteiger partial charge is 0.271 e. The van der Waals surface area contributed by atoms with Crippen LogP contribution in [0.4, 0.5) is 0 Å². The molecule has 3 heterocycles. The van der Waals surface area contributed by atoms with Crippen LogP contribution in [-0.2, 0) is 11.3 Å². The normalized spacial score (nSPS) is 24.7. The minimum Gasteiger partial charge on any atom is -0.460 e. The number of likely N-dealkylation sites (N-methyl/N-ethyl adjacent to an activating group) is 1. The number of furan rings is 1. The number of nitrogens with one attached hydrogen (secondary N) is 1. The monoisotopic (exact) mass is 496 g/mol. The van der Waals surface area contributed by atoms with E-state index in [1.807, 2.05) is 35.4 Å². The lowest BCUT2D eigenvalue weighted by atomic mass is 9.91. The minimum atomic E-state index is -0.947. The van der Waals surface area contributed by atoms with Crippen LogP contribution >= 0.6 is 0 Å². The third-order valence-electron chi connectivity index (χ3n) is 9.04. The molecule has 36 heavy (non-hydrogen) atoms. The molecule has 2 saturated carbocycles. The molecule has 2 fully saturated rings.